The number of morpholine rings is 1. The maximum atomic E-state index is 13.2. The summed E-state index contributed by atoms with van der Waals surface area (Å²) in [6, 6.07) is 7.25. The number of nitrogens with zero attached hydrogens (tertiary/aromatic N) is 1. The monoisotopic (exact) mass is 292 g/mol. The first-order chi connectivity index (χ1) is 10.3. The minimum Gasteiger partial charge on any atom is -0.379 e. The van der Waals surface area contributed by atoms with Crippen molar-refractivity contribution in [3.63, 3.8) is 0 Å². The maximum absolute atomic E-state index is 13.2. The number of hydrogen-bond donors (Lipinski definition) is 1. The molecule has 0 aromatic heterocycles. The zero-order chi connectivity index (χ0) is 14.7. The number of nitrogens with one attached hydrogen (secondary N) is 1. The molecule has 1 saturated carbocycles. The van der Waals surface area contributed by atoms with Gasteiger partial charge in [0.25, 0.3) is 0 Å². The van der Waals surface area contributed by atoms with Crippen LogP contribution in [0.2, 0.25) is 0 Å². The first-order valence-electron chi connectivity index (χ1n) is 8.02. The van der Waals surface area contributed by atoms with E-state index in [1.165, 1.54) is 31.2 Å². The number of halogens is 1. The molecule has 1 aromatic rings. The highest BCUT2D eigenvalue weighted by molar-refractivity contribution is 5.25. The fourth-order valence-electron chi connectivity index (χ4n) is 4.18. The summed E-state index contributed by atoms with van der Waals surface area (Å²) in [7, 11) is 2.02. The van der Waals surface area contributed by atoms with Crippen molar-refractivity contribution in [2.24, 2.45) is 0 Å². The molecule has 3 rings (SSSR count). The standard InChI is InChI=1S/C17H25FN2O/c1-19-16(14-4-6-15(18)7-5-14)17(8-2-3-9-17)20-10-12-21-13-11-20/h4-7,16,19H,2-3,8-13H2,1H3. The molecular formula is C17H25FN2O. The number of ether oxygens (including phenoxy) is 1. The van der Waals surface area contributed by atoms with Crippen LogP contribution in [0, 0.1) is 5.82 Å². The summed E-state index contributed by atoms with van der Waals surface area (Å²) in [5.74, 6) is -0.166. The van der Waals surface area contributed by atoms with Gasteiger partial charge in [0.05, 0.1) is 19.3 Å². The highest BCUT2D eigenvalue weighted by Crippen LogP contribution is 2.44. The van der Waals surface area contributed by atoms with E-state index in [2.05, 4.69) is 10.2 Å². The molecular weight excluding hydrogens is 267 g/mol. The fraction of sp³-hybridized carbons (Fsp3) is 0.647. The number of rotatable bonds is 4. The van der Waals surface area contributed by atoms with E-state index in [1.807, 2.05) is 19.2 Å². The van der Waals surface area contributed by atoms with Crippen molar-refractivity contribution in [1.29, 1.82) is 0 Å². The summed E-state index contributed by atoms with van der Waals surface area (Å²) in [5, 5.41) is 3.51. The highest BCUT2D eigenvalue weighted by atomic mass is 19.1. The average molecular weight is 292 g/mol. The van der Waals surface area contributed by atoms with Gasteiger partial charge in [-0.1, -0.05) is 25.0 Å². The van der Waals surface area contributed by atoms with Gasteiger partial charge >= 0.3 is 0 Å². The molecule has 1 unspecified atom stereocenters. The number of hydrogen-bond acceptors (Lipinski definition) is 3. The van der Waals surface area contributed by atoms with Gasteiger partial charge in [0.2, 0.25) is 0 Å². The first kappa shape index (κ1) is 14.9. The van der Waals surface area contributed by atoms with Crippen LogP contribution in [-0.4, -0.2) is 43.8 Å². The average Bonchev–Trinajstić information content (AvgIpc) is 3.01. The smallest absolute Gasteiger partial charge is 0.123 e. The van der Waals surface area contributed by atoms with Crippen LogP contribution in [-0.2, 0) is 4.74 Å². The fourth-order valence-corrected chi connectivity index (χ4v) is 4.18. The summed E-state index contributed by atoms with van der Waals surface area (Å²) in [6.45, 7) is 3.64. The molecule has 21 heavy (non-hydrogen) atoms. The molecule has 0 bridgehead atoms. The molecule has 1 aliphatic heterocycles. The summed E-state index contributed by atoms with van der Waals surface area (Å²) in [4.78, 5) is 2.61. The second-order valence-electron chi connectivity index (χ2n) is 6.18. The normalized spacial score (nSPS) is 24.1. The first-order valence-corrected chi connectivity index (χ1v) is 8.02. The largest absolute Gasteiger partial charge is 0.379 e. The Balaban J connectivity index is 1.91. The Bertz CT molecular complexity index is 450. The zero-order valence-electron chi connectivity index (χ0n) is 12.8. The van der Waals surface area contributed by atoms with Crippen LogP contribution in [0.3, 0.4) is 0 Å². The second kappa shape index (κ2) is 6.42. The Labute approximate surface area is 126 Å². The minimum atomic E-state index is -0.166. The molecule has 1 saturated heterocycles. The molecule has 2 fully saturated rings. The van der Waals surface area contributed by atoms with Crippen LogP contribution in [0.4, 0.5) is 4.39 Å². The molecule has 116 valence electrons. The van der Waals surface area contributed by atoms with Gasteiger partial charge in [0, 0.05) is 18.6 Å². The summed E-state index contributed by atoms with van der Waals surface area (Å²) < 4.78 is 18.8. The highest BCUT2D eigenvalue weighted by Gasteiger charge is 2.46. The molecule has 0 radical (unpaired) electrons. The van der Waals surface area contributed by atoms with Crippen molar-refractivity contribution >= 4 is 0 Å². The molecule has 2 aliphatic rings. The number of benzene rings is 1. The molecule has 1 aliphatic carbocycles. The van der Waals surface area contributed by atoms with E-state index in [0.29, 0.717) is 0 Å². The predicted molar refractivity (Wildman–Crippen MR) is 81.8 cm³/mol. The topological polar surface area (TPSA) is 24.5 Å². The van der Waals surface area contributed by atoms with Crippen LogP contribution in [0.5, 0.6) is 0 Å². The predicted octanol–water partition coefficient (Wildman–Crippen LogP) is 2.73. The lowest BCUT2D eigenvalue weighted by atomic mass is 9.81. The molecule has 1 aromatic carbocycles. The van der Waals surface area contributed by atoms with Crippen molar-refractivity contribution in [1.82, 2.24) is 10.2 Å². The molecule has 1 atom stereocenters. The van der Waals surface area contributed by atoms with Crippen LogP contribution in [0.1, 0.15) is 37.3 Å². The lowest BCUT2D eigenvalue weighted by Gasteiger charge is -2.48. The molecule has 0 amide bonds. The van der Waals surface area contributed by atoms with Gasteiger partial charge in [-0.15, -0.1) is 0 Å². The Morgan fingerprint density at radius 2 is 1.76 bits per heavy atom. The van der Waals surface area contributed by atoms with Crippen molar-refractivity contribution in [3.05, 3.63) is 35.6 Å². The minimum absolute atomic E-state index is 0.149. The molecule has 1 heterocycles. The second-order valence-corrected chi connectivity index (χ2v) is 6.18. The van der Waals surface area contributed by atoms with Crippen molar-refractivity contribution < 1.29 is 9.13 Å². The van der Waals surface area contributed by atoms with Crippen LogP contribution >= 0.6 is 0 Å². The Morgan fingerprint density at radius 3 is 2.33 bits per heavy atom. The molecule has 4 heteroatoms. The summed E-state index contributed by atoms with van der Waals surface area (Å²) in [6.07, 6.45) is 4.96. The van der Waals surface area contributed by atoms with Crippen LogP contribution in [0.25, 0.3) is 0 Å². The quantitative estimate of drug-likeness (QED) is 0.923. The molecule has 3 nitrogen and oxygen atoms in total. The van der Waals surface area contributed by atoms with E-state index < -0.39 is 0 Å². The third-order valence-corrected chi connectivity index (χ3v) is 5.14. The van der Waals surface area contributed by atoms with E-state index in [-0.39, 0.29) is 17.4 Å². The molecule has 0 spiro atoms. The Kier molecular flexibility index (Phi) is 4.57. The summed E-state index contributed by atoms with van der Waals surface area (Å²) in [5.41, 5.74) is 1.34. The number of likely N-dealkylation sites (N-methyl/N-ethyl adjacent to an activating group) is 1. The van der Waals surface area contributed by atoms with Crippen LogP contribution in [0.15, 0.2) is 24.3 Å². The van der Waals surface area contributed by atoms with E-state index in [0.717, 1.165) is 26.3 Å². The lowest BCUT2D eigenvalue weighted by molar-refractivity contribution is -0.0354. The van der Waals surface area contributed by atoms with Crippen molar-refractivity contribution in [3.8, 4) is 0 Å². The Hall–Kier alpha value is -0.970. The lowest BCUT2D eigenvalue weighted by Crippen LogP contribution is -2.57. The van der Waals surface area contributed by atoms with Crippen molar-refractivity contribution in [2.75, 3.05) is 33.4 Å². The van der Waals surface area contributed by atoms with Crippen molar-refractivity contribution in [2.45, 2.75) is 37.3 Å². The van der Waals surface area contributed by atoms with Gasteiger partial charge in [0.15, 0.2) is 0 Å². The third-order valence-electron chi connectivity index (χ3n) is 5.14. The SMILES string of the molecule is CNC(c1ccc(F)cc1)C1(N2CCOCC2)CCCC1. The zero-order valence-corrected chi connectivity index (χ0v) is 12.8. The summed E-state index contributed by atoms with van der Waals surface area (Å²) >= 11 is 0. The van der Waals surface area contributed by atoms with E-state index >= 15 is 0 Å². The van der Waals surface area contributed by atoms with E-state index in [1.54, 1.807) is 12.1 Å². The van der Waals surface area contributed by atoms with Crippen LogP contribution < -0.4 is 5.32 Å². The van der Waals surface area contributed by atoms with Gasteiger partial charge in [-0.3, -0.25) is 4.90 Å². The van der Waals surface area contributed by atoms with Gasteiger partial charge in [-0.2, -0.15) is 0 Å². The maximum Gasteiger partial charge on any atom is 0.123 e. The third kappa shape index (κ3) is 2.85. The Morgan fingerprint density at radius 1 is 1.14 bits per heavy atom. The van der Waals surface area contributed by atoms with Gasteiger partial charge in [0.1, 0.15) is 5.82 Å². The molecule has 1 N–H and O–H groups in total. The van der Waals surface area contributed by atoms with Gasteiger partial charge in [-0.25, -0.2) is 4.39 Å². The van der Waals surface area contributed by atoms with E-state index in [4.69, 9.17) is 4.74 Å². The van der Waals surface area contributed by atoms with E-state index in [9.17, 15) is 4.39 Å². The van der Waals surface area contributed by atoms with Gasteiger partial charge in [-0.05, 0) is 37.6 Å². The van der Waals surface area contributed by atoms with Gasteiger partial charge < -0.3 is 10.1 Å².